The summed E-state index contributed by atoms with van der Waals surface area (Å²) in [6.45, 7) is 2.35. The molecule has 1 unspecified atom stereocenters. The molecule has 24 heavy (non-hydrogen) atoms. The first kappa shape index (κ1) is 16.6. The average Bonchev–Trinajstić information content (AvgIpc) is 2.85. The number of hydrogen-bond acceptors (Lipinski definition) is 5. The van der Waals surface area contributed by atoms with Gasteiger partial charge in [-0.2, -0.15) is 0 Å². The molecule has 0 aromatic heterocycles. The van der Waals surface area contributed by atoms with E-state index in [0.717, 1.165) is 17.7 Å². The van der Waals surface area contributed by atoms with E-state index < -0.39 is 6.04 Å². The van der Waals surface area contributed by atoms with E-state index in [1.807, 2.05) is 25.2 Å². The number of fused-ring (bicyclic) bond motifs is 1. The first-order valence-electron chi connectivity index (χ1n) is 8.15. The summed E-state index contributed by atoms with van der Waals surface area (Å²) in [6.07, 6.45) is 0.648. The van der Waals surface area contributed by atoms with Gasteiger partial charge in [0, 0.05) is 38.2 Å². The topological polar surface area (TPSA) is 95.7 Å². The van der Waals surface area contributed by atoms with Gasteiger partial charge in [-0.1, -0.05) is 18.2 Å². The van der Waals surface area contributed by atoms with Crippen molar-refractivity contribution < 1.29 is 14.4 Å². The minimum Gasteiger partial charge on any atom is -0.329 e. The normalized spacial score (nSPS) is 20.5. The zero-order valence-electron chi connectivity index (χ0n) is 13.7. The lowest BCUT2D eigenvalue weighted by molar-refractivity contribution is -0.136. The number of piperidine rings is 1. The number of likely N-dealkylation sites (N-methyl/N-ethyl adjacent to an activating group) is 1. The van der Waals surface area contributed by atoms with Crippen LogP contribution in [0.25, 0.3) is 0 Å². The van der Waals surface area contributed by atoms with Crippen LogP contribution in [-0.4, -0.2) is 53.7 Å². The number of nitrogens with one attached hydrogen (secondary N) is 1. The Morgan fingerprint density at radius 1 is 1.33 bits per heavy atom. The highest BCUT2D eigenvalue weighted by Gasteiger charge is 2.39. The van der Waals surface area contributed by atoms with Crippen LogP contribution in [-0.2, 0) is 22.7 Å². The molecule has 2 heterocycles. The molecule has 1 aromatic carbocycles. The summed E-state index contributed by atoms with van der Waals surface area (Å²) < 4.78 is 0. The maximum absolute atomic E-state index is 12.9. The van der Waals surface area contributed by atoms with Gasteiger partial charge in [0.15, 0.2) is 0 Å². The molecule has 7 heteroatoms. The molecule has 1 aromatic rings. The summed E-state index contributed by atoms with van der Waals surface area (Å²) >= 11 is 0. The Bertz CT molecular complexity index is 688. The predicted octanol–water partition coefficient (Wildman–Crippen LogP) is -0.162. The smallest absolute Gasteiger partial charge is 0.255 e. The highest BCUT2D eigenvalue weighted by atomic mass is 16.2. The van der Waals surface area contributed by atoms with Gasteiger partial charge in [-0.3, -0.25) is 19.7 Å². The van der Waals surface area contributed by atoms with Gasteiger partial charge >= 0.3 is 0 Å². The highest BCUT2D eigenvalue weighted by Crippen LogP contribution is 2.30. The minimum absolute atomic E-state index is 0.128. The molecule has 3 amide bonds. The minimum atomic E-state index is -0.572. The summed E-state index contributed by atoms with van der Waals surface area (Å²) in [5.41, 5.74) is 8.15. The molecule has 0 aliphatic carbocycles. The first-order valence-corrected chi connectivity index (χ1v) is 8.15. The maximum Gasteiger partial charge on any atom is 0.255 e. The second-order valence-corrected chi connectivity index (χ2v) is 6.38. The molecule has 2 aliphatic rings. The fraction of sp³-hybridized carbons (Fsp3) is 0.471. The van der Waals surface area contributed by atoms with Crippen molar-refractivity contribution in [3.8, 4) is 0 Å². The molecule has 1 saturated heterocycles. The van der Waals surface area contributed by atoms with Gasteiger partial charge in [-0.05, 0) is 24.6 Å². The molecule has 3 N–H and O–H groups in total. The van der Waals surface area contributed by atoms with E-state index in [2.05, 4.69) is 10.2 Å². The van der Waals surface area contributed by atoms with Crippen LogP contribution in [0.2, 0.25) is 0 Å². The van der Waals surface area contributed by atoms with Crippen LogP contribution < -0.4 is 11.1 Å². The van der Waals surface area contributed by atoms with Crippen molar-refractivity contribution >= 4 is 17.7 Å². The fourth-order valence-corrected chi connectivity index (χ4v) is 3.41. The molecule has 128 valence electrons. The fourth-order valence-electron chi connectivity index (χ4n) is 3.41. The van der Waals surface area contributed by atoms with Crippen molar-refractivity contribution in [1.82, 2.24) is 15.1 Å². The van der Waals surface area contributed by atoms with Crippen molar-refractivity contribution in [3.05, 3.63) is 34.9 Å². The number of imide groups is 1. The highest BCUT2D eigenvalue weighted by molar-refractivity contribution is 6.05. The second kappa shape index (κ2) is 6.70. The summed E-state index contributed by atoms with van der Waals surface area (Å²) in [6, 6.07) is 5.23. The Kier molecular flexibility index (Phi) is 4.64. The second-order valence-electron chi connectivity index (χ2n) is 6.38. The Balaban J connectivity index is 1.83. The molecule has 2 aliphatic heterocycles. The Labute approximate surface area is 140 Å². The number of carbonyl (C=O) groups is 3. The third-order valence-corrected chi connectivity index (χ3v) is 4.59. The van der Waals surface area contributed by atoms with Gasteiger partial charge < -0.3 is 15.5 Å². The van der Waals surface area contributed by atoms with E-state index in [-0.39, 0.29) is 24.1 Å². The molecule has 0 saturated carbocycles. The molecule has 1 fully saturated rings. The number of nitrogens with two attached hydrogens (primary N) is 1. The van der Waals surface area contributed by atoms with E-state index in [4.69, 9.17) is 5.73 Å². The van der Waals surface area contributed by atoms with Crippen LogP contribution in [0.15, 0.2) is 18.2 Å². The lowest BCUT2D eigenvalue weighted by Gasteiger charge is -2.29. The SMILES string of the molecule is CN(CCN)Cc1cccc2c1C(=O)N(C1CCC(=O)NC1=O)C2. The van der Waals surface area contributed by atoms with Crippen LogP contribution >= 0.6 is 0 Å². The van der Waals surface area contributed by atoms with Gasteiger partial charge in [-0.15, -0.1) is 0 Å². The van der Waals surface area contributed by atoms with Crippen molar-refractivity contribution in [2.24, 2.45) is 5.73 Å². The van der Waals surface area contributed by atoms with Gasteiger partial charge in [0.05, 0.1) is 0 Å². The molecule has 0 bridgehead atoms. The van der Waals surface area contributed by atoms with E-state index in [0.29, 0.717) is 31.6 Å². The van der Waals surface area contributed by atoms with E-state index in [1.165, 1.54) is 0 Å². The summed E-state index contributed by atoms with van der Waals surface area (Å²) in [4.78, 5) is 40.0. The number of amides is 3. The molecule has 0 radical (unpaired) electrons. The molecule has 1 atom stereocenters. The van der Waals surface area contributed by atoms with Crippen LogP contribution in [0, 0.1) is 0 Å². The molecular weight excluding hydrogens is 308 g/mol. The standard InChI is InChI=1S/C17H22N4O3/c1-20(8-7-18)9-11-3-2-4-12-10-21(17(24)15(11)12)13-5-6-14(22)19-16(13)23/h2-4,13H,5-10,18H2,1H3,(H,19,22,23). The lowest BCUT2D eigenvalue weighted by Crippen LogP contribution is -2.52. The summed E-state index contributed by atoms with van der Waals surface area (Å²) in [7, 11) is 1.96. The number of hydrogen-bond donors (Lipinski definition) is 2. The number of rotatable bonds is 5. The largest absolute Gasteiger partial charge is 0.329 e. The quantitative estimate of drug-likeness (QED) is 0.731. The zero-order chi connectivity index (χ0) is 17.3. The third kappa shape index (κ3) is 3.05. The maximum atomic E-state index is 12.9. The van der Waals surface area contributed by atoms with E-state index in [1.54, 1.807) is 4.90 Å². The first-order chi connectivity index (χ1) is 11.5. The summed E-state index contributed by atoms with van der Waals surface area (Å²) in [5, 5.41) is 2.32. The van der Waals surface area contributed by atoms with Gasteiger partial charge in [-0.25, -0.2) is 0 Å². The van der Waals surface area contributed by atoms with Crippen molar-refractivity contribution in [2.45, 2.75) is 32.0 Å². The van der Waals surface area contributed by atoms with E-state index >= 15 is 0 Å². The number of nitrogens with zero attached hydrogens (tertiary/aromatic N) is 2. The average molecular weight is 330 g/mol. The van der Waals surface area contributed by atoms with E-state index in [9.17, 15) is 14.4 Å². The van der Waals surface area contributed by atoms with Crippen LogP contribution in [0.4, 0.5) is 0 Å². The number of carbonyl (C=O) groups excluding carboxylic acids is 3. The molecule has 3 rings (SSSR count). The van der Waals surface area contributed by atoms with Crippen LogP contribution in [0.5, 0.6) is 0 Å². The predicted molar refractivity (Wildman–Crippen MR) is 87.9 cm³/mol. The van der Waals surface area contributed by atoms with Gasteiger partial charge in [0.25, 0.3) is 5.91 Å². The molecular formula is C17H22N4O3. The van der Waals surface area contributed by atoms with Gasteiger partial charge in [0.1, 0.15) is 6.04 Å². The third-order valence-electron chi connectivity index (χ3n) is 4.59. The van der Waals surface area contributed by atoms with Gasteiger partial charge in [0.2, 0.25) is 11.8 Å². The van der Waals surface area contributed by atoms with Crippen molar-refractivity contribution in [1.29, 1.82) is 0 Å². The zero-order valence-corrected chi connectivity index (χ0v) is 13.7. The van der Waals surface area contributed by atoms with Crippen molar-refractivity contribution in [3.63, 3.8) is 0 Å². The molecule has 7 nitrogen and oxygen atoms in total. The van der Waals surface area contributed by atoms with Crippen LogP contribution in [0.3, 0.4) is 0 Å². The Morgan fingerprint density at radius 2 is 2.12 bits per heavy atom. The monoisotopic (exact) mass is 330 g/mol. The Morgan fingerprint density at radius 3 is 2.83 bits per heavy atom. The summed E-state index contributed by atoms with van der Waals surface area (Å²) in [5.74, 6) is -0.782. The molecule has 0 spiro atoms. The van der Waals surface area contributed by atoms with Crippen LogP contribution in [0.1, 0.15) is 34.3 Å². The van der Waals surface area contributed by atoms with Crippen molar-refractivity contribution in [2.75, 3.05) is 20.1 Å². The lowest BCUT2D eigenvalue weighted by atomic mass is 10.0. The Hall–Kier alpha value is -2.25. The number of benzene rings is 1.